The second-order valence-corrected chi connectivity index (χ2v) is 9.19. The van der Waals surface area contributed by atoms with E-state index in [4.69, 9.17) is 4.74 Å². The maximum Gasteiger partial charge on any atom is 0.263 e. The summed E-state index contributed by atoms with van der Waals surface area (Å²) in [5.74, 6) is 0.265. The summed E-state index contributed by atoms with van der Waals surface area (Å²) in [6, 6.07) is 2.21. The highest BCUT2D eigenvalue weighted by Crippen LogP contribution is 2.29. The van der Waals surface area contributed by atoms with Crippen LogP contribution in [0.2, 0.25) is 0 Å². The van der Waals surface area contributed by atoms with Crippen LogP contribution >= 0.6 is 11.3 Å². The Labute approximate surface area is 161 Å². The average Bonchev–Trinajstić information content (AvgIpc) is 3.20. The molecule has 0 aromatic carbocycles. The van der Waals surface area contributed by atoms with E-state index in [9.17, 15) is 4.79 Å². The first-order valence-electron chi connectivity index (χ1n) is 10.5. The number of rotatable bonds is 3. The summed E-state index contributed by atoms with van der Waals surface area (Å²) in [6.45, 7) is 5.78. The van der Waals surface area contributed by atoms with E-state index in [1.807, 2.05) is 0 Å². The predicted octanol–water partition coefficient (Wildman–Crippen LogP) is 3.73. The number of carbonyl (C=O) groups excluding carboxylic acids is 1. The maximum absolute atomic E-state index is 13.1. The van der Waals surface area contributed by atoms with Gasteiger partial charge in [-0.05, 0) is 63.1 Å². The fraction of sp³-hybridized carbons (Fsp3) is 0.762. The molecule has 1 aromatic heterocycles. The van der Waals surface area contributed by atoms with Gasteiger partial charge in [0.25, 0.3) is 5.91 Å². The number of fused-ring (bicyclic) bond motifs is 1. The Morgan fingerprint density at radius 3 is 2.77 bits per heavy atom. The second-order valence-electron chi connectivity index (χ2n) is 8.05. The molecule has 1 aliphatic carbocycles. The third-order valence-electron chi connectivity index (χ3n) is 6.07. The lowest BCUT2D eigenvalue weighted by molar-refractivity contribution is 0.0706. The van der Waals surface area contributed by atoms with Gasteiger partial charge in [-0.15, -0.1) is 11.3 Å². The van der Waals surface area contributed by atoms with Crippen LogP contribution in [0.4, 0.5) is 0 Å². The molecule has 2 saturated heterocycles. The lowest BCUT2D eigenvalue weighted by Crippen LogP contribution is -2.37. The zero-order valence-corrected chi connectivity index (χ0v) is 16.7. The van der Waals surface area contributed by atoms with Crippen molar-refractivity contribution in [3.05, 3.63) is 21.4 Å². The van der Waals surface area contributed by atoms with Gasteiger partial charge in [0.05, 0.1) is 11.0 Å². The van der Waals surface area contributed by atoms with Crippen molar-refractivity contribution in [1.82, 2.24) is 9.80 Å². The molecule has 3 heterocycles. The van der Waals surface area contributed by atoms with E-state index in [2.05, 4.69) is 15.9 Å². The highest BCUT2D eigenvalue weighted by atomic mass is 32.1. The third kappa shape index (κ3) is 4.49. The Bertz CT molecular complexity index is 584. The van der Waals surface area contributed by atoms with E-state index >= 15 is 0 Å². The number of thiophene rings is 1. The minimum Gasteiger partial charge on any atom is -0.377 e. The van der Waals surface area contributed by atoms with Crippen molar-refractivity contribution < 1.29 is 9.53 Å². The van der Waals surface area contributed by atoms with Crippen LogP contribution in [0.5, 0.6) is 0 Å². The highest BCUT2D eigenvalue weighted by molar-refractivity contribution is 7.14. The van der Waals surface area contributed by atoms with E-state index in [0.29, 0.717) is 6.10 Å². The molecule has 144 valence electrons. The molecule has 1 unspecified atom stereocenters. The van der Waals surface area contributed by atoms with Crippen LogP contribution in [-0.2, 0) is 17.6 Å². The zero-order valence-electron chi connectivity index (χ0n) is 15.9. The van der Waals surface area contributed by atoms with Gasteiger partial charge in [-0.25, -0.2) is 0 Å². The van der Waals surface area contributed by atoms with Crippen LogP contribution < -0.4 is 0 Å². The number of aryl methyl sites for hydroxylation is 2. The average molecular weight is 377 g/mol. The van der Waals surface area contributed by atoms with Crippen molar-refractivity contribution in [3.63, 3.8) is 0 Å². The van der Waals surface area contributed by atoms with Crippen molar-refractivity contribution in [2.75, 3.05) is 39.3 Å². The SMILES string of the molecule is O=C(c1cc2c(s1)CCCCCC2)N1CCCN(CC2CCCO2)CC1. The summed E-state index contributed by atoms with van der Waals surface area (Å²) < 4.78 is 5.79. The van der Waals surface area contributed by atoms with E-state index in [0.717, 1.165) is 57.0 Å². The van der Waals surface area contributed by atoms with Gasteiger partial charge < -0.3 is 9.64 Å². The smallest absolute Gasteiger partial charge is 0.263 e. The Morgan fingerprint density at radius 2 is 1.92 bits per heavy atom. The normalized spacial score (nSPS) is 25.4. The number of ether oxygens (including phenoxy) is 1. The maximum atomic E-state index is 13.1. The molecule has 0 radical (unpaired) electrons. The lowest BCUT2D eigenvalue weighted by Gasteiger charge is -2.23. The highest BCUT2D eigenvalue weighted by Gasteiger charge is 2.25. The predicted molar refractivity (Wildman–Crippen MR) is 106 cm³/mol. The molecule has 1 aromatic rings. The van der Waals surface area contributed by atoms with Crippen LogP contribution in [0.15, 0.2) is 6.07 Å². The summed E-state index contributed by atoms with van der Waals surface area (Å²) in [5.41, 5.74) is 1.45. The summed E-state index contributed by atoms with van der Waals surface area (Å²) in [6.07, 6.45) is 11.4. The van der Waals surface area contributed by atoms with Crippen molar-refractivity contribution in [3.8, 4) is 0 Å². The van der Waals surface area contributed by atoms with Gasteiger partial charge in [-0.2, -0.15) is 0 Å². The van der Waals surface area contributed by atoms with Crippen LogP contribution in [0.3, 0.4) is 0 Å². The van der Waals surface area contributed by atoms with E-state index in [1.165, 1.54) is 55.4 Å². The molecular formula is C21H32N2O2S. The Kier molecular flexibility index (Phi) is 6.28. The van der Waals surface area contributed by atoms with Crippen LogP contribution in [0.1, 0.15) is 65.1 Å². The summed E-state index contributed by atoms with van der Waals surface area (Å²) >= 11 is 1.77. The fourth-order valence-corrected chi connectivity index (χ4v) is 5.76. The minimum atomic E-state index is 0.265. The van der Waals surface area contributed by atoms with E-state index in [1.54, 1.807) is 11.3 Å². The Morgan fingerprint density at radius 1 is 1.04 bits per heavy atom. The number of amides is 1. The largest absolute Gasteiger partial charge is 0.377 e. The molecule has 0 bridgehead atoms. The Hall–Kier alpha value is -0.910. The first-order valence-corrected chi connectivity index (χ1v) is 11.4. The molecule has 1 amide bonds. The van der Waals surface area contributed by atoms with Crippen LogP contribution in [0.25, 0.3) is 0 Å². The van der Waals surface area contributed by atoms with E-state index < -0.39 is 0 Å². The van der Waals surface area contributed by atoms with Crippen molar-refractivity contribution >= 4 is 17.2 Å². The summed E-state index contributed by atoms with van der Waals surface area (Å²) in [7, 11) is 0. The molecule has 2 fully saturated rings. The molecule has 4 nitrogen and oxygen atoms in total. The van der Waals surface area contributed by atoms with Gasteiger partial charge in [-0.1, -0.05) is 12.8 Å². The number of carbonyl (C=O) groups is 1. The molecular weight excluding hydrogens is 344 g/mol. The number of hydrogen-bond donors (Lipinski definition) is 0. The summed E-state index contributed by atoms with van der Waals surface area (Å²) in [4.78, 5) is 20.1. The molecule has 1 atom stereocenters. The topological polar surface area (TPSA) is 32.8 Å². The van der Waals surface area contributed by atoms with Gasteiger partial charge in [0.2, 0.25) is 0 Å². The molecule has 2 aliphatic heterocycles. The monoisotopic (exact) mass is 376 g/mol. The summed E-state index contributed by atoms with van der Waals surface area (Å²) in [5, 5.41) is 0. The Balaban J connectivity index is 1.36. The van der Waals surface area contributed by atoms with Crippen molar-refractivity contribution in [1.29, 1.82) is 0 Å². The van der Waals surface area contributed by atoms with Gasteiger partial charge in [-0.3, -0.25) is 9.69 Å². The zero-order chi connectivity index (χ0) is 17.8. The molecule has 0 N–H and O–H groups in total. The van der Waals surface area contributed by atoms with E-state index in [-0.39, 0.29) is 5.91 Å². The molecule has 26 heavy (non-hydrogen) atoms. The van der Waals surface area contributed by atoms with Gasteiger partial charge in [0, 0.05) is 37.7 Å². The first kappa shape index (κ1) is 18.5. The van der Waals surface area contributed by atoms with Crippen LogP contribution in [0, 0.1) is 0 Å². The van der Waals surface area contributed by atoms with Gasteiger partial charge in [0.1, 0.15) is 0 Å². The number of hydrogen-bond acceptors (Lipinski definition) is 4. The quantitative estimate of drug-likeness (QED) is 0.806. The third-order valence-corrected chi connectivity index (χ3v) is 7.29. The molecule has 0 saturated carbocycles. The standard InChI is InChI=1S/C21H32N2O2S/c24-21(20-15-17-7-3-1-2-4-9-19(17)26-20)23-11-6-10-22(12-13-23)16-18-8-5-14-25-18/h15,18H,1-14,16H2. The second kappa shape index (κ2) is 8.85. The molecule has 0 spiro atoms. The molecule has 4 rings (SSSR count). The van der Waals surface area contributed by atoms with Crippen molar-refractivity contribution in [2.24, 2.45) is 0 Å². The molecule has 5 heteroatoms. The number of nitrogens with zero attached hydrogens (tertiary/aromatic N) is 2. The van der Waals surface area contributed by atoms with Crippen molar-refractivity contribution in [2.45, 2.75) is 63.9 Å². The first-order chi connectivity index (χ1) is 12.8. The lowest BCUT2D eigenvalue weighted by atomic mass is 10.00. The minimum absolute atomic E-state index is 0.265. The van der Waals surface area contributed by atoms with Gasteiger partial charge in [0.15, 0.2) is 0 Å². The van der Waals surface area contributed by atoms with Gasteiger partial charge >= 0.3 is 0 Å². The van der Waals surface area contributed by atoms with Crippen LogP contribution in [-0.4, -0.2) is 61.1 Å². The fourth-order valence-electron chi connectivity index (χ4n) is 4.54. The molecule has 3 aliphatic rings.